The fourth-order valence-electron chi connectivity index (χ4n) is 3.58. The molecule has 2 saturated carbocycles. The minimum absolute atomic E-state index is 0.181. The van der Waals surface area contributed by atoms with Crippen LogP contribution in [-0.4, -0.2) is 18.1 Å². The first-order valence-corrected chi connectivity index (χ1v) is 7.38. The van der Waals surface area contributed by atoms with Crippen molar-refractivity contribution in [2.45, 2.75) is 37.9 Å². The number of benzene rings is 1. The third-order valence-electron chi connectivity index (χ3n) is 4.70. The largest absolute Gasteiger partial charge is 0.408 e. The van der Waals surface area contributed by atoms with Gasteiger partial charge in [0.25, 0.3) is 0 Å². The van der Waals surface area contributed by atoms with Gasteiger partial charge in [0.2, 0.25) is 5.91 Å². The molecule has 114 valence electrons. The molecule has 0 heterocycles. The molecule has 1 aromatic rings. The zero-order valence-electron chi connectivity index (χ0n) is 11.6. The number of alkyl halides is 3. The molecule has 0 spiro atoms. The van der Waals surface area contributed by atoms with Crippen molar-refractivity contribution in [1.29, 1.82) is 0 Å². The zero-order valence-corrected chi connectivity index (χ0v) is 11.6. The molecule has 2 aliphatic rings. The van der Waals surface area contributed by atoms with Gasteiger partial charge in [-0.05, 0) is 30.2 Å². The Morgan fingerprint density at radius 2 is 1.81 bits per heavy atom. The van der Waals surface area contributed by atoms with Crippen LogP contribution in [0.3, 0.4) is 0 Å². The van der Waals surface area contributed by atoms with Crippen LogP contribution in [0.15, 0.2) is 30.3 Å². The van der Waals surface area contributed by atoms with Crippen molar-refractivity contribution >= 4 is 5.91 Å². The summed E-state index contributed by atoms with van der Waals surface area (Å²) >= 11 is 0. The van der Waals surface area contributed by atoms with E-state index in [-0.39, 0.29) is 12.3 Å². The van der Waals surface area contributed by atoms with Crippen molar-refractivity contribution in [3.8, 4) is 0 Å². The van der Waals surface area contributed by atoms with E-state index in [4.69, 9.17) is 0 Å². The summed E-state index contributed by atoms with van der Waals surface area (Å²) in [5.74, 6) is 0.0635. The Balaban J connectivity index is 1.64. The van der Waals surface area contributed by atoms with E-state index in [0.29, 0.717) is 17.4 Å². The highest BCUT2D eigenvalue weighted by molar-refractivity contribution is 5.82. The van der Waals surface area contributed by atoms with E-state index in [1.165, 1.54) is 0 Å². The van der Waals surface area contributed by atoms with Crippen LogP contribution in [0.2, 0.25) is 0 Å². The second kappa shape index (κ2) is 5.35. The lowest BCUT2D eigenvalue weighted by Crippen LogP contribution is -2.47. The molecule has 1 N–H and O–H groups in total. The van der Waals surface area contributed by atoms with Gasteiger partial charge in [0.15, 0.2) is 0 Å². The van der Waals surface area contributed by atoms with E-state index in [1.807, 2.05) is 0 Å². The van der Waals surface area contributed by atoms with E-state index < -0.39 is 18.1 Å². The van der Waals surface area contributed by atoms with Crippen molar-refractivity contribution in [3.63, 3.8) is 0 Å². The molecule has 0 aliphatic heterocycles. The Bertz CT molecular complexity index is 504. The van der Waals surface area contributed by atoms with Crippen molar-refractivity contribution < 1.29 is 18.0 Å². The van der Waals surface area contributed by atoms with E-state index in [2.05, 4.69) is 5.32 Å². The third-order valence-corrected chi connectivity index (χ3v) is 4.70. The number of rotatable bonds is 4. The molecule has 2 nitrogen and oxygen atoms in total. The second-order valence-corrected chi connectivity index (χ2v) is 6.08. The average Bonchev–Trinajstić information content (AvgIpc) is 2.92. The van der Waals surface area contributed by atoms with E-state index in [9.17, 15) is 18.0 Å². The molecule has 1 aromatic carbocycles. The first kappa shape index (κ1) is 14.4. The normalized spacial score (nSPS) is 28.8. The van der Waals surface area contributed by atoms with Gasteiger partial charge in [0.1, 0.15) is 6.04 Å². The van der Waals surface area contributed by atoms with Gasteiger partial charge < -0.3 is 5.32 Å². The quantitative estimate of drug-likeness (QED) is 0.907. The number of carbonyl (C=O) groups is 1. The van der Waals surface area contributed by atoms with Crippen LogP contribution in [0.25, 0.3) is 0 Å². The number of fused-ring (bicyclic) bond motifs is 1. The Morgan fingerprint density at radius 3 is 2.38 bits per heavy atom. The van der Waals surface area contributed by atoms with Gasteiger partial charge in [0, 0.05) is 12.3 Å². The summed E-state index contributed by atoms with van der Waals surface area (Å²) in [5.41, 5.74) is 0.580. The molecule has 21 heavy (non-hydrogen) atoms. The number of amides is 1. The first-order valence-electron chi connectivity index (χ1n) is 7.38. The van der Waals surface area contributed by atoms with Crippen molar-refractivity contribution in [2.24, 2.45) is 17.8 Å². The summed E-state index contributed by atoms with van der Waals surface area (Å²) in [4.78, 5) is 12.1. The highest BCUT2D eigenvalue weighted by Gasteiger charge is 2.57. The predicted octanol–water partition coefficient (Wildman–Crippen LogP) is 3.32. The fraction of sp³-hybridized carbons (Fsp3) is 0.562. The van der Waals surface area contributed by atoms with Gasteiger partial charge in [0.05, 0.1) is 0 Å². The van der Waals surface area contributed by atoms with Crippen LogP contribution in [-0.2, 0) is 11.2 Å². The number of nitrogens with one attached hydrogen (secondary N) is 1. The predicted molar refractivity (Wildman–Crippen MR) is 72.5 cm³/mol. The van der Waals surface area contributed by atoms with Crippen LogP contribution >= 0.6 is 0 Å². The Hall–Kier alpha value is -1.52. The molecular formula is C16H18F3NO. The molecule has 0 radical (unpaired) electrons. The summed E-state index contributed by atoms with van der Waals surface area (Å²) in [6.45, 7) is 0. The molecule has 0 saturated heterocycles. The molecule has 2 aliphatic carbocycles. The third kappa shape index (κ3) is 3.06. The Labute approximate surface area is 121 Å². The highest BCUT2D eigenvalue weighted by Crippen LogP contribution is 2.57. The molecule has 2 fully saturated rings. The maximum absolute atomic E-state index is 13.1. The van der Waals surface area contributed by atoms with Crippen molar-refractivity contribution in [2.75, 3.05) is 0 Å². The minimum atomic E-state index is -4.42. The van der Waals surface area contributed by atoms with E-state index in [1.54, 1.807) is 30.3 Å². The van der Waals surface area contributed by atoms with Crippen molar-refractivity contribution in [3.05, 3.63) is 35.9 Å². The topological polar surface area (TPSA) is 29.1 Å². The van der Waals surface area contributed by atoms with Crippen LogP contribution in [0.1, 0.15) is 24.8 Å². The highest BCUT2D eigenvalue weighted by atomic mass is 19.4. The standard InChI is InChI=1S/C16H18F3NO/c17-16(18,19)13(9-10-5-2-1-3-6-10)20-15(21)14-11-7-4-8-12(11)14/h1-3,5-6,11-14H,4,7-9H2,(H,20,21)/t11-,12-,13+/m0/s1. The van der Waals surface area contributed by atoms with E-state index in [0.717, 1.165) is 19.3 Å². The number of hydrogen-bond donors (Lipinski definition) is 1. The molecule has 3 atom stereocenters. The van der Waals surface area contributed by atoms with Gasteiger partial charge in [-0.25, -0.2) is 0 Å². The maximum atomic E-state index is 13.1. The van der Waals surface area contributed by atoms with Crippen LogP contribution in [0, 0.1) is 17.8 Å². The lowest BCUT2D eigenvalue weighted by Gasteiger charge is -2.22. The van der Waals surface area contributed by atoms with Crippen molar-refractivity contribution in [1.82, 2.24) is 5.32 Å². The summed E-state index contributed by atoms with van der Waals surface area (Å²) in [6, 6.07) is 6.67. The van der Waals surface area contributed by atoms with Crippen LogP contribution in [0.5, 0.6) is 0 Å². The van der Waals surface area contributed by atoms with Gasteiger partial charge in [-0.2, -0.15) is 13.2 Å². The fourth-order valence-corrected chi connectivity index (χ4v) is 3.58. The van der Waals surface area contributed by atoms with Gasteiger partial charge in [-0.15, -0.1) is 0 Å². The summed E-state index contributed by atoms with van der Waals surface area (Å²) in [7, 11) is 0. The average molecular weight is 297 g/mol. The first-order chi connectivity index (χ1) is 9.97. The summed E-state index contributed by atoms with van der Waals surface area (Å²) < 4.78 is 39.4. The molecule has 0 aromatic heterocycles. The number of carbonyl (C=O) groups excluding carboxylic acids is 1. The van der Waals surface area contributed by atoms with Gasteiger partial charge in [-0.1, -0.05) is 36.8 Å². The Morgan fingerprint density at radius 1 is 1.19 bits per heavy atom. The lowest BCUT2D eigenvalue weighted by atomic mass is 10.0. The second-order valence-electron chi connectivity index (χ2n) is 6.08. The molecule has 5 heteroatoms. The number of hydrogen-bond acceptors (Lipinski definition) is 1. The number of halogens is 3. The lowest BCUT2D eigenvalue weighted by molar-refractivity contribution is -0.162. The summed E-state index contributed by atoms with van der Waals surface area (Å²) in [6.07, 6.45) is -1.56. The van der Waals surface area contributed by atoms with E-state index >= 15 is 0 Å². The molecule has 0 bridgehead atoms. The SMILES string of the molecule is O=C(N[C@H](Cc1ccccc1)C(F)(F)F)C1[C@H]2CCC[C@H]12. The van der Waals surface area contributed by atoms with Gasteiger partial charge in [-0.3, -0.25) is 4.79 Å². The zero-order chi connectivity index (χ0) is 15.0. The smallest absolute Gasteiger partial charge is 0.344 e. The summed E-state index contributed by atoms with van der Waals surface area (Å²) in [5, 5.41) is 2.23. The molecular weight excluding hydrogens is 279 g/mol. The van der Waals surface area contributed by atoms with Gasteiger partial charge >= 0.3 is 6.18 Å². The van der Waals surface area contributed by atoms with Crippen LogP contribution in [0.4, 0.5) is 13.2 Å². The maximum Gasteiger partial charge on any atom is 0.408 e. The van der Waals surface area contributed by atoms with Crippen LogP contribution < -0.4 is 5.32 Å². The molecule has 0 unspecified atom stereocenters. The minimum Gasteiger partial charge on any atom is -0.344 e. The molecule has 3 rings (SSSR count). The Kier molecular flexibility index (Phi) is 3.68. The monoisotopic (exact) mass is 297 g/mol. The molecule has 1 amide bonds.